The number of hydrazone groups is 1. The second kappa shape index (κ2) is 11.6. The molecule has 0 saturated heterocycles. The largest absolute Gasteiger partial charge is 0.318 e. The smallest absolute Gasteiger partial charge is 0.264 e. The minimum absolute atomic E-state index is 0.0239. The van der Waals surface area contributed by atoms with Gasteiger partial charge in [0.1, 0.15) is 6.54 Å². The van der Waals surface area contributed by atoms with Crippen LogP contribution < -0.4 is 9.73 Å². The maximum absolute atomic E-state index is 13.4. The third kappa shape index (κ3) is 6.05. The maximum atomic E-state index is 13.4. The molecule has 38 heavy (non-hydrogen) atoms. The van der Waals surface area contributed by atoms with Crippen molar-refractivity contribution in [1.29, 1.82) is 0 Å². The number of nitrogens with one attached hydrogen (secondary N) is 1. The Bertz CT molecular complexity index is 1620. The predicted molar refractivity (Wildman–Crippen MR) is 153 cm³/mol. The quantitative estimate of drug-likeness (QED) is 0.191. The lowest BCUT2D eigenvalue weighted by atomic mass is 10.2. The van der Waals surface area contributed by atoms with E-state index in [1.54, 1.807) is 24.3 Å². The van der Waals surface area contributed by atoms with Gasteiger partial charge >= 0.3 is 0 Å². The number of aromatic nitrogens is 1. The SMILES string of the molecule is Cc1cc(/C=N\NC(=O)CN(c2ccc(Cl)c(Cl)c2)S(=O)(=O)c2ccccc2)c(C)n1-c1cccc(Cl)c1. The van der Waals surface area contributed by atoms with Crippen LogP contribution in [0.5, 0.6) is 0 Å². The lowest BCUT2D eigenvalue weighted by molar-refractivity contribution is -0.119. The molecule has 7 nitrogen and oxygen atoms in total. The van der Waals surface area contributed by atoms with Crippen LogP contribution >= 0.6 is 34.8 Å². The molecule has 0 unspecified atom stereocenters. The third-order valence-corrected chi connectivity index (χ3v) is 8.50. The highest BCUT2D eigenvalue weighted by atomic mass is 35.5. The molecule has 0 aliphatic heterocycles. The average Bonchev–Trinajstić information content (AvgIpc) is 3.17. The van der Waals surface area contributed by atoms with Gasteiger partial charge in [0.2, 0.25) is 0 Å². The molecular formula is C27H23Cl3N4O3S. The zero-order valence-electron chi connectivity index (χ0n) is 20.4. The zero-order valence-corrected chi connectivity index (χ0v) is 23.5. The van der Waals surface area contributed by atoms with Gasteiger partial charge in [0.25, 0.3) is 15.9 Å². The summed E-state index contributed by atoms with van der Waals surface area (Å²) < 4.78 is 29.8. The summed E-state index contributed by atoms with van der Waals surface area (Å²) in [6.07, 6.45) is 1.51. The van der Waals surface area contributed by atoms with E-state index < -0.39 is 22.5 Å². The van der Waals surface area contributed by atoms with Crippen LogP contribution in [-0.4, -0.2) is 31.7 Å². The van der Waals surface area contributed by atoms with Gasteiger partial charge in [0.15, 0.2) is 0 Å². The van der Waals surface area contributed by atoms with Gasteiger partial charge in [-0.2, -0.15) is 5.10 Å². The third-order valence-electron chi connectivity index (χ3n) is 5.74. The van der Waals surface area contributed by atoms with E-state index >= 15 is 0 Å². The average molecular weight is 590 g/mol. The molecule has 0 bridgehead atoms. The summed E-state index contributed by atoms with van der Waals surface area (Å²) in [6.45, 7) is 3.34. The molecule has 1 amide bonds. The number of hydrogen-bond donors (Lipinski definition) is 1. The topological polar surface area (TPSA) is 83.8 Å². The highest BCUT2D eigenvalue weighted by molar-refractivity contribution is 7.92. The number of anilines is 1. The molecule has 4 aromatic rings. The first kappa shape index (κ1) is 27.7. The highest BCUT2D eigenvalue weighted by Gasteiger charge is 2.27. The fraction of sp³-hybridized carbons (Fsp3) is 0.111. The van der Waals surface area contributed by atoms with E-state index in [2.05, 4.69) is 10.5 Å². The van der Waals surface area contributed by atoms with E-state index in [-0.39, 0.29) is 20.6 Å². The number of carbonyl (C=O) groups is 1. The number of nitrogens with zero attached hydrogens (tertiary/aromatic N) is 3. The van der Waals surface area contributed by atoms with Crippen molar-refractivity contribution in [1.82, 2.24) is 9.99 Å². The van der Waals surface area contributed by atoms with Crippen molar-refractivity contribution < 1.29 is 13.2 Å². The maximum Gasteiger partial charge on any atom is 0.264 e. The van der Waals surface area contributed by atoms with Crippen LogP contribution in [0.15, 0.2) is 88.9 Å². The van der Waals surface area contributed by atoms with Gasteiger partial charge < -0.3 is 4.57 Å². The normalized spacial score (nSPS) is 11.6. The summed E-state index contributed by atoms with van der Waals surface area (Å²) in [5, 5.41) is 5.11. The number of benzene rings is 3. The minimum atomic E-state index is -4.09. The van der Waals surface area contributed by atoms with Crippen LogP contribution in [0, 0.1) is 13.8 Å². The van der Waals surface area contributed by atoms with Crippen LogP contribution in [0.4, 0.5) is 5.69 Å². The molecule has 1 aromatic heterocycles. The molecule has 1 heterocycles. The Labute approximate surface area is 236 Å². The van der Waals surface area contributed by atoms with Gasteiger partial charge in [-0.15, -0.1) is 0 Å². The van der Waals surface area contributed by atoms with Crippen molar-refractivity contribution in [2.45, 2.75) is 18.7 Å². The Morgan fingerprint density at radius 2 is 1.68 bits per heavy atom. The fourth-order valence-electron chi connectivity index (χ4n) is 3.95. The van der Waals surface area contributed by atoms with Crippen molar-refractivity contribution in [3.63, 3.8) is 0 Å². The second-order valence-electron chi connectivity index (χ2n) is 8.36. The van der Waals surface area contributed by atoms with Gasteiger partial charge in [-0.25, -0.2) is 13.8 Å². The molecule has 3 aromatic carbocycles. The van der Waals surface area contributed by atoms with Gasteiger partial charge in [-0.1, -0.05) is 59.1 Å². The Morgan fingerprint density at radius 1 is 0.947 bits per heavy atom. The van der Waals surface area contributed by atoms with Crippen molar-refractivity contribution in [2.24, 2.45) is 5.10 Å². The Balaban J connectivity index is 1.56. The molecule has 11 heteroatoms. The molecule has 0 aliphatic carbocycles. The summed E-state index contributed by atoms with van der Waals surface area (Å²) in [5.74, 6) is -0.643. The second-order valence-corrected chi connectivity index (χ2v) is 11.5. The van der Waals surface area contributed by atoms with Crippen LogP contribution in [0.2, 0.25) is 15.1 Å². The molecule has 0 aliphatic rings. The first-order valence-corrected chi connectivity index (χ1v) is 13.9. The monoisotopic (exact) mass is 588 g/mol. The first-order chi connectivity index (χ1) is 18.1. The molecule has 0 atom stereocenters. The van der Waals surface area contributed by atoms with Crippen molar-refractivity contribution >= 4 is 62.6 Å². The lowest BCUT2D eigenvalue weighted by Crippen LogP contribution is -2.39. The van der Waals surface area contributed by atoms with Crippen LogP contribution in [0.3, 0.4) is 0 Å². The minimum Gasteiger partial charge on any atom is -0.318 e. The number of sulfonamides is 1. The van der Waals surface area contributed by atoms with Crippen molar-refractivity contribution in [3.8, 4) is 5.69 Å². The summed E-state index contributed by atoms with van der Waals surface area (Å²) in [7, 11) is -4.09. The first-order valence-electron chi connectivity index (χ1n) is 11.4. The number of halogens is 3. The summed E-state index contributed by atoms with van der Waals surface area (Å²) in [5.41, 5.74) is 6.14. The molecule has 1 N–H and O–H groups in total. The number of rotatable bonds is 8. The number of hydrogen-bond acceptors (Lipinski definition) is 4. The molecular weight excluding hydrogens is 567 g/mol. The van der Waals surface area contributed by atoms with Crippen molar-refractivity contribution in [3.05, 3.63) is 111 Å². The molecule has 0 radical (unpaired) electrons. The van der Waals surface area contributed by atoms with E-state index in [4.69, 9.17) is 34.8 Å². The van der Waals surface area contributed by atoms with Crippen LogP contribution in [0.25, 0.3) is 5.69 Å². The molecule has 0 saturated carbocycles. The Kier molecular flexibility index (Phi) is 8.47. The number of amides is 1. The van der Waals surface area contributed by atoms with E-state index in [1.165, 1.54) is 36.5 Å². The lowest BCUT2D eigenvalue weighted by Gasteiger charge is -2.24. The van der Waals surface area contributed by atoms with Gasteiger partial charge in [0.05, 0.1) is 26.8 Å². The molecule has 0 fully saturated rings. The van der Waals surface area contributed by atoms with E-state index in [0.717, 1.165) is 26.9 Å². The van der Waals surface area contributed by atoms with E-state index in [9.17, 15) is 13.2 Å². The summed E-state index contributed by atoms with van der Waals surface area (Å²) in [4.78, 5) is 12.9. The standard InChI is InChI=1S/C27H23Cl3N4O3S/c1-18-13-20(19(2)34(18)23-8-6-7-21(28)14-23)16-31-32-27(35)17-33(22-11-12-25(29)26(30)15-22)38(36,37)24-9-4-3-5-10-24/h3-16H,17H2,1-2H3,(H,32,35)/b31-16-. The van der Waals surface area contributed by atoms with Gasteiger partial charge in [-0.3, -0.25) is 9.10 Å². The number of aryl methyl sites for hydroxylation is 1. The molecule has 4 rings (SSSR count). The molecule has 0 spiro atoms. The van der Waals surface area contributed by atoms with E-state index in [0.29, 0.717) is 5.02 Å². The summed E-state index contributed by atoms with van der Waals surface area (Å²) >= 11 is 18.3. The predicted octanol–water partition coefficient (Wildman–Crippen LogP) is 6.40. The highest BCUT2D eigenvalue weighted by Crippen LogP contribution is 2.30. The van der Waals surface area contributed by atoms with Crippen LogP contribution in [0.1, 0.15) is 17.0 Å². The van der Waals surface area contributed by atoms with Gasteiger partial charge in [0, 0.05) is 27.7 Å². The van der Waals surface area contributed by atoms with Crippen molar-refractivity contribution in [2.75, 3.05) is 10.8 Å². The van der Waals surface area contributed by atoms with Gasteiger partial charge in [-0.05, 0) is 68.4 Å². The van der Waals surface area contributed by atoms with E-state index in [1.807, 2.05) is 42.7 Å². The summed E-state index contributed by atoms with van der Waals surface area (Å²) in [6, 6.07) is 21.5. The number of carbonyl (C=O) groups excluding carboxylic acids is 1. The Hall–Kier alpha value is -3.30. The molecule has 196 valence electrons. The zero-order chi connectivity index (χ0) is 27.4. The fourth-order valence-corrected chi connectivity index (χ4v) is 5.86. The Morgan fingerprint density at radius 3 is 2.37 bits per heavy atom. The van der Waals surface area contributed by atoms with Crippen LogP contribution in [-0.2, 0) is 14.8 Å².